The molecule has 0 saturated heterocycles. The lowest BCUT2D eigenvalue weighted by molar-refractivity contribution is 0.0898. The van der Waals surface area contributed by atoms with E-state index in [9.17, 15) is 9.59 Å². The molecule has 3 aliphatic rings. The van der Waals surface area contributed by atoms with Crippen molar-refractivity contribution in [1.82, 2.24) is 10.6 Å². The van der Waals surface area contributed by atoms with Crippen LogP contribution in [0.15, 0.2) is 12.2 Å². The number of amides is 4. The number of urea groups is 2. The van der Waals surface area contributed by atoms with Gasteiger partial charge in [-0.15, -0.1) is 0 Å². The van der Waals surface area contributed by atoms with Gasteiger partial charge in [0.1, 0.15) is 0 Å². The van der Waals surface area contributed by atoms with Gasteiger partial charge >= 0.3 is 12.1 Å². The number of nitrogens with two attached hydrogens (primary N) is 2. The molecule has 1 unspecified atom stereocenters. The van der Waals surface area contributed by atoms with Gasteiger partial charge in [0.2, 0.25) is 0 Å². The van der Waals surface area contributed by atoms with Gasteiger partial charge in [-0.05, 0) is 31.6 Å². The van der Waals surface area contributed by atoms with E-state index < -0.39 is 23.1 Å². The predicted octanol–water partition coefficient (Wildman–Crippen LogP) is 0.581. The molecule has 3 fully saturated rings. The fourth-order valence-corrected chi connectivity index (χ4v) is 4.11. The minimum absolute atomic E-state index is 0.0872. The van der Waals surface area contributed by atoms with E-state index in [0.29, 0.717) is 0 Å². The first kappa shape index (κ1) is 12.7. The number of carbonyl (C=O) groups is 2. The first-order valence-electron chi connectivity index (χ1n) is 5.96. The first-order valence-corrected chi connectivity index (χ1v) is 5.96. The average Bonchev–Trinajstić information content (AvgIpc) is 2.45. The zero-order valence-corrected chi connectivity index (χ0v) is 10.8. The summed E-state index contributed by atoms with van der Waals surface area (Å²) >= 11 is 0. The molecule has 2 bridgehead atoms. The number of primary amides is 2. The van der Waals surface area contributed by atoms with Crippen LogP contribution >= 0.6 is 0 Å². The van der Waals surface area contributed by atoms with E-state index in [1.807, 2.05) is 6.92 Å². The van der Waals surface area contributed by atoms with Crippen LogP contribution in [0.3, 0.4) is 0 Å². The molecule has 0 aromatic carbocycles. The van der Waals surface area contributed by atoms with Crippen LogP contribution in [-0.4, -0.2) is 23.1 Å². The number of hydrogen-bond donors (Lipinski definition) is 4. The van der Waals surface area contributed by atoms with Crippen LogP contribution in [0.25, 0.3) is 0 Å². The third-order valence-electron chi connectivity index (χ3n) is 4.39. The van der Waals surface area contributed by atoms with Crippen LogP contribution in [0, 0.1) is 5.41 Å². The number of hydrogen-bond acceptors (Lipinski definition) is 2. The molecule has 6 N–H and O–H groups in total. The van der Waals surface area contributed by atoms with Crippen molar-refractivity contribution >= 4 is 12.1 Å². The lowest BCUT2D eigenvalue weighted by Gasteiger charge is -2.51. The van der Waals surface area contributed by atoms with E-state index in [2.05, 4.69) is 24.1 Å². The fraction of sp³-hybridized carbons (Fsp3) is 0.667. The highest BCUT2D eigenvalue weighted by molar-refractivity contribution is 5.77. The minimum Gasteiger partial charge on any atom is -0.352 e. The van der Waals surface area contributed by atoms with Crippen molar-refractivity contribution in [2.24, 2.45) is 16.9 Å². The highest BCUT2D eigenvalue weighted by Crippen LogP contribution is 2.67. The van der Waals surface area contributed by atoms with Gasteiger partial charge in [-0.2, -0.15) is 0 Å². The predicted molar refractivity (Wildman–Crippen MR) is 67.7 cm³/mol. The summed E-state index contributed by atoms with van der Waals surface area (Å²) in [7, 11) is 0. The van der Waals surface area contributed by atoms with Gasteiger partial charge in [0.05, 0.1) is 11.1 Å². The first-order chi connectivity index (χ1) is 8.15. The zero-order valence-electron chi connectivity index (χ0n) is 10.8. The van der Waals surface area contributed by atoms with Crippen molar-refractivity contribution in [3.63, 3.8) is 0 Å². The normalized spacial score (nSPS) is 40.8. The van der Waals surface area contributed by atoms with E-state index >= 15 is 0 Å². The molecule has 0 aromatic rings. The van der Waals surface area contributed by atoms with Gasteiger partial charge in [0, 0.05) is 0 Å². The summed E-state index contributed by atoms with van der Waals surface area (Å²) in [6.07, 6.45) is 2.27. The zero-order chi connectivity index (χ0) is 13.8. The Morgan fingerprint density at radius 1 is 1.11 bits per heavy atom. The molecule has 0 aliphatic heterocycles. The van der Waals surface area contributed by atoms with Crippen LogP contribution in [0.5, 0.6) is 0 Å². The molecule has 4 amide bonds. The fourth-order valence-electron chi connectivity index (χ4n) is 4.11. The molecule has 0 radical (unpaired) electrons. The third kappa shape index (κ3) is 1.48. The van der Waals surface area contributed by atoms with Gasteiger partial charge in [-0.25, -0.2) is 9.59 Å². The average molecular weight is 252 g/mol. The number of rotatable bonds is 3. The Morgan fingerprint density at radius 3 is 2.00 bits per heavy atom. The highest BCUT2D eigenvalue weighted by atomic mass is 16.2. The molecule has 3 rings (SSSR count). The lowest BCUT2D eigenvalue weighted by atomic mass is 9.63. The summed E-state index contributed by atoms with van der Waals surface area (Å²) in [6.45, 7) is 7.92. The van der Waals surface area contributed by atoms with Gasteiger partial charge in [0.15, 0.2) is 0 Å². The van der Waals surface area contributed by atoms with Gasteiger partial charge in [-0.3, -0.25) is 0 Å². The maximum Gasteiger partial charge on any atom is 0.312 e. The van der Waals surface area contributed by atoms with Crippen LogP contribution in [-0.2, 0) is 0 Å². The topological polar surface area (TPSA) is 110 Å². The largest absolute Gasteiger partial charge is 0.352 e. The second-order valence-electron chi connectivity index (χ2n) is 6.09. The van der Waals surface area contributed by atoms with Gasteiger partial charge < -0.3 is 22.1 Å². The summed E-state index contributed by atoms with van der Waals surface area (Å²) in [5.74, 6) is 0. The number of carbonyl (C=O) groups excluding carboxylic acids is 2. The standard InChI is InChI=1S/C12H20N4O2/c1-7(2)12(16-9(14)18)6-10(3)4-11(12,5-10)15-8(13)17/h1,4-6H2,2-3H3,(H3,13,15,17)(H3,14,16,18). The Balaban J connectivity index is 2.41. The summed E-state index contributed by atoms with van der Waals surface area (Å²) in [6, 6.07) is -1.20. The molecule has 3 saturated carbocycles. The Morgan fingerprint density at radius 2 is 1.61 bits per heavy atom. The van der Waals surface area contributed by atoms with E-state index in [-0.39, 0.29) is 5.41 Å². The summed E-state index contributed by atoms with van der Waals surface area (Å²) < 4.78 is 0. The third-order valence-corrected chi connectivity index (χ3v) is 4.39. The van der Waals surface area contributed by atoms with E-state index in [0.717, 1.165) is 24.8 Å². The van der Waals surface area contributed by atoms with E-state index in [1.165, 1.54) is 0 Å². The number of fused-ring (bicyclic) bond motifs is 1. The molecule has 0 aromatic heterocycles. The molecule has 0 spiro atoms. The van der Waals surface area contributed by atoms with Crippen LogP contribution in [0.2, 0.25) is 0 Å². The Kier molecular flexibility index (Phi) is 2.40. The SMILES string of the molecule is C=C(C)C1(NC(N)=O)CC2(C)CC1(NC(N)=O)C2. The number of nitrogens with one attached hydrogen (secondary N) is 2. The van der Waals surface area contributed by atoms with Crippen LogP contribution in [0.4, 0.5) is 9.59 Å². The molecule has 100 valence electrons. The smallest absolute Gasteiger partial charge is 0.312 e. The van der Waals surface area contributed by atoms with Crippen molar-refractivity contribution < 1.29 is 9.59 Å². The van der Waals surface area contributed by atoms with Gasteiger partial charge in [0.25, 0.3) is 0 Å². The van der Waals surface area contributed by atoms with E-state index in [4.69, 9.17) is 11.5 Å². The van der Waals surface area contributed by atoms with Crippen molar-refractivity contribution in [2.75, 3.05) is 0 Å². The summed E-state index contributed by atoms with van der Waals surface area (Å²) in [5.41, 5.74) is 10.2. The maximum absolute atomic E-state index is 11.3. The maximum atomic E-state index is 11.3. The monoisotopic (exact) mass is 252 g/mol. The molecular weight excluding hydrogens is 232 g/mol. The summed E-state index contributed by atoms with van der Waals surface area (Å²) in [5, 5.41) is 5.58. The second-order valence-corrected chi connectivity index (χ2v) is 6.09. The van der Waals surface area contributed by atoms with Crippen LogP contribution in [0.1, 0.15) is 33.1 Å². The lowest BCUT2D eigenvalue weighted by Crippen LogP contribution is -2.71. The summed E-state index contributed by atoms with van der Waals surface area (Å²) in [4.78, 5) is 22.5. The Hall–Kier alpha value is -1.72. The minimum atomic E-state index is -0.692. The van der Waals surface area contributed by atoms with Crippen molar-refractivity contribution in [2.45, 2.75) is 44.2 Å². The molecular formula is C12H20N4O2. The molecule has 3 aliphatic carbocycles. The Bertz CT molecular complexity index is 439. The molecule has 18 heavy (non-hydrogen) atoms. The molecule has 1 atom stereocenters. The van der Waals surface area contributed by atoms with Crippen molar-refractivity contribution in [3.05, 3.63) is 12.2 Å². The van der Waals surface area contributed by atoms with Crippen molar-refractivity contribution in [1.29, 1.82) is 0 Å². The molecule has 0 heterocycles. The van der Waals surface area contributed by atoms with Crippen molar-refractivity contribution in [3.8, 4) is 0 Å². The molecule has 6 heteroatoms. The Labute approximate surface area is 106 Å². The van der Waals surface area contributed by atoms with Crippen LogP contribution < -0.4 is 22.1 Å². The van der Waals surface area contributed by atoms with E-state index in [1.54, 1.807) is 0 Å². The molecule has 6 nitrogen and oxygen atoms in total. The highest BCUT2D eigenvalue weighted by Gasteiger charge is 2.72. The quantitative estimate of drug-likeness (QED) is 0.551. The van der Waals surface area contributed by atoms with Gasteiger partial charge in [-0.1, -0.05) is 19.1 Å². The second kappa shape index (κ2) is 3.40.